The van der Waals surface area contributed by atoms with Crippen molar-refractivity contribution in [2.24, 2.45) is 5.92 Å². The van der Waals surface area contributed by atoms with Crippen LogP contribution in [0.3, 0.4) is 0 Å². The van der Waals surface area contributed by atoms with Crippen molar-refractivity contribution in [2.45, 2.75) is 27.7 Å². The molecular weight excluding hydrogens is 199 g/mol. The Morgan fingerprint density at radius 3 is 1.70 bits per heavy atom. The molecule has 1 heteroatoms. The van der Waals surface area contributed by atoms with Crippen molar-refractivity contribution in [1.29, 1.82) is 0 Å². The summed E-state index contributed by atoms with van der Waals surface area (Å²) in [5, 5.41) is 0. The number of hydrogen-bond acceptors (Lipinski definition) is 0. The van der Waals surface area contributed by atoms with Crippen LogP contribution in [0, 0.1) is 5.92 Å². The molecule has 0 radical (unpaired) electrons. The Bertz CT molecular complexity index is 197. The van der Waals surface area contributed by atoms with Crippen molar-refractivity contribution in [3.63, 3.8) is 0 Å². The summed E-state index contributed by atoms with van der Waals surface area (Å²) in [6, 6.07) is 0. The van der Waals surface area contributed by atoms with Gasteiger partial charge >= 0.3 is 78.3 Å². The van der Waals surface area contributed by atoms with Gasteiger partial charge in [0, 0.05) is 0 Å². The van der Waals surface area contributed by atoms with Gasteiger partial charge in [0.2, 0.25) is 0 Å². The van der Waals surface area contributed by atoms with Crippen molar-refractivity contribution >= 4 is 0 Å². The van der Waals surface area contributed by atoms with Gasteiger partial charge in [-0.15, -0.1) is 0 Å². The average Bonchev–Trinajstić information content (AvgIpc) is 2.07. The van der Waals surface area contributed by atoms with E-state index in [1.807, 2.05) is 0 Å². The van der Waals surface area contributed by atoms with E-state index in [4.69, 9.17) is 0 Å². The second-order valence-electron chi connectivity index (χ2n) is 3.07. The predicted molar refractivity (Wildman–Crippen MR) is 40.2 cm³/mol. The quantitative estimate of drug-likeness (QED) is 0.579. The fourth-order valence-corrected chi connectivity index (χ4v) is 2.36. The molecule has 0 saturated carbocycles. The molecule has 0 aromatic heterocycles. The van der Waals surface area contributed by atoms with Crippen molar-refractivity contribution in [1.82, 2.24) is 0 Å². The first-order chi connectivity index (χ1) is 4.55. The molecule has 0 fully saturated rings. The van der Waals surface area contributed by atoms with Crippen LogP contribution in [0.4, 0.5) is 0 Å². The van der Waals surface area contributed by atoms with Crippen molar-refractivity contribution < 1.29 is 24.7 Å². The number of allylic oxidation sites excluding steroid dienone is 4. The molecular formula is C9H13Zr. The zero-order valence-corrected chi connectivity index (χ0v) is 9.54. The first-order valence-corrected chi connectivity index (χ1v) is 4.88. The van der Waals surface area contributed by atoms with Crippen LogP contribution in [-0.4, -0.2) is 0 Å². The molecule has 0 aromatic rings. The molecule has 1 rings (SSSR count). The molecule has 0 aromatic carbocycles. The Hall–Kier alpha value is 0.363. The topological polar surface area (TPSA) is 0 Å². The maximum absolute atomic E-state index is 2.30. The molecule has 1 unspecified atom stereocenters. The van der Waals surface area contributed by atoms with E-state index in [0.717, 1.165) is 5.92 Å². The molecule has 53 valence electrons. The minimum absolute atomic E-state index is 0.734. The number of hydrogen-bond donors (Lipinski definition) is 0. The summed E-state index contributed by atoms with van der Waals surface area (Å²) >= 11 is 1.59. The predicted octanol–water partition coefficient (Wildman–Crippen LogP) is 2.79. The molecule has 0 saturated heterocycles. The summed E-state index contributed by atoms with van der Waals surface area (Å²) in [6.45, 7) is 9.03. The van der Waals surface area contributed by atoms with Crippen LogP contribution in [0.1, 0.15) is 27.7 Å². The molecule has 0 bridgehead atoms. The SMILES string of the molecule is CC1=C(C)C(C)[C]([Zr])=C1C. The molecule has 10 heavy (non-hydrogen) atoms. The average molecular weight is 212 g/mol. The Labute approximate surface area is 78.2 Å². The fourth-order valence-electron chi connectivity index (χ4n) is 1.36. The molecule has 0 nitrogen and oxygen atoms in total. The van der Waals surface area contributed by atoms with Gasteiger partial charge in [-0.05, 0) is 0 Å². The fraction of sp³-hybridized carbons (Fsp3) is 0.556. The van der Waals surface area contributed by atoms with Crippen LogP contribution < -0.4 is 0 Å². The standard InChI is InChI=1S/C9H13.Zr/c1-6-5-7(2)9(4)8(6)3;/h6H,1-4H3;. The van der Waals surface area contributed by atoms with E-state index >= 15 is 0 Å². The molecule has 0 spiro atoms. The van der Waals surface area contributed by atoms with Crippen molar-refractivity contribution in [3.05, 3.63) is 20.0 Å². The van der Waals surface area contributed by atoms with E-state index in [2.05, 4.69) is 27.7 Å². The monoisotopic (exact) mass is 211 g/mol. The zero-order valence-electron chi connectivity index (χ0n) is 7.08. The molecule has 1 atom stereocenters. The van der Waals surface area contributed by atoms with Crippen LogP contribution in [0.25, 0.3) is 0 Å². The summed E-state index contributed by atoms with van der Waals surface area (Å²) in [7, 11) is 0. The van der Waals surface area contributed by atoms with Gasteiger partial charge in [-0.3, -0.25) is 0 Å². The van der Waals surface area contributed by atoms with Crippen LogP contribution in [0.2, 0.25) is 0 Å². The summed E-state index contributed by atoms with van der Waals surface area (Å²) in [5.41, 5.74) is 4.65. The van der Waals surface area contributed by atoms with Gasteiger partial charge in [-0.25, -0.2) is 0 Å². The van der Waals surface area contributed by atoms with Gasteiger partial charge in [0.1, 0.15) is 0 Å². The molecule has 0 aliphatic heterocycles. The zero-order chi connectivity index (χ0) is 7.89. The normalized spacial score (nSPS) is 26.5. The van der Waals surface area contributed by atoms with E-state index in [1.54, 1.807) is 39.1 Å². The van der Waals surface area contributed by atoms with Crippen LogP contribution >= 0.6 is 0 Å². The third kappa shape index (κ3) is 1.09. The van der Waals surface area contributed by atoms with Crippen molar-refractivity contribution in [2.75, 3.05) is 0 Å². The van der Waals surface area contributed by atoms with E-state index in [1.165, 1.54) is 5.57 Å². The van der Waals surface area contributed by atoms with Crippen LogP contribution in [-0.2, 0) is 24.7 Å². The minimum atomic E-state index is 0.734. The van der Waals surface area contributed by atoms with Gasteiger partial charge in [0.15, 0.2) is 0 Å². The Morgan fingerprint density at radius 2 is 1.60 bits per heavy atom. The Balaban J connectivity index is 3.09. The first kappa shape index (κ1) is 8.46. The molecule has 1 aliphatic carbocycles. The Morgan fingerprint density at radius 1 is 1.10 bits per heavy atom. The maximum atomic E-state index is 2.30. The third-order valence-corrected chi connectivity index (χ3v) is 4.63. The molecule has 0 amide bonds. The molecule has 0 N–H and O–H groups in total. The summed E-state index contributed by atoms with van der Waals surface area (Å²) in [4.78, 5) is 0. The third-order valence-electron chi connectivity index (χ3n) is 2.64. The van der Waals surface area contributed by atoms with E-state index in [-0.39, 0.29) is 0 Å². The van der Waals surface area contributed by atoms with Gasteiger partial charge < -0.3 is 0 Å². The van der Waals surface area contributed by atoms with Gasteiger partial charge in [-0.1, -0.05) is 0 Å². The summed E-state index contributed by atoms with van der Waals surface area (Å²) in [6.07, 6.45) is 0. The number of rotatable bonds is 0. The van der Waals surface area contributed by atoms with Gasteiger partial charge in [0.25, 0.3) is 0 Å². The Kier molecular flexibility index (Phi) is 2.35. The van der Waals surface area contributed by atoms with Gasteiger partial charge in [0.05, 0.1) is 0 Å². The van der Waals surface area contributed by atoms with E-state index in [0.29, 0.717) is 0 Å². The first-order valence-electron chi connectivity index (χ1n) is 3.65. The molecule has 1 aliphatic rings. The second kappa shape index (κ2) is 2.77. The second-order valence-corrected chi connectivity index (χ2v) is 4.39. The summed E-state index contributed by atoms with van der Waals surface area (Å²) in [5.74, 6) is 0.734. The van der Waals surface area contributed by atoms with Crippen LogP contribution in [0.5, 0.6) is 0 Å². The van der Waals surface area contributed by atoms with E-state index < -0.39 is 0 Å². The van der Waals surface area contributed by atoms with E-state index in [9.17, 15) is 0 Å². The van der Waals surface area contributed by atoms with Crippen molar-refractivity contribution in [3.8, 4) is 0 Å². The van der Waals surface area contributed by atoms with Gasteiger partial charge in [-0.2, -0.15) is 0 Å². The molecule has 0 heterocycles. The van der Waals surface area contributed by atoms with Crippen LogP contribution in [0.15, 0.2) is 20.0 Å². The summed E-state index contributed by atoms with van der Waals surface area (Å²) < 4.78 is 1.64.